The van der Waals surface area contributed by atoms with E-state index < -0.39 is 6.04 Å². The highest BCUT2D eigenvalue weighted by Gasteiger charge is 2.21. The first-order valence-electron chi connectivity index (χ1n) is 11.0. The number of pyridine rings is 1. The van der Waals surface area contributed by atoms with Crippen molar-refractivity contribution < 1.29 is 9.32 Å². The number of amides is 1. The third kappa shape index (κ3) is 4.60. The lowest BCUT2D eigenvalue weighted by molar-refractivity contribution is 0.0928. The van der Waals surface area contributed by atoms with Gasteiger partial charge in [-0.15, -0.1) is 0 Å². The second-order valence-electron chi connectivity index (χ2n) is 9.10. The standard InChI is InChI=1S/C24H23N9O2/c1-13(29-22(34)17-8-15(27-12-28-17)14-6-5-7-25-10-14)19-9-16(33-35-19)20-30-18-11-26-23(24(2,3)4)32-21(18)31-20/h5-13H,1-4H3,(H,29,34)(H,26,30,31,32)/t13-/m1/s1. The summed E-state index contributed by atoms with van der Waals surface area (Å²) in [5.74, 6) is 1.33. The fourth-order valence-corrected chi connectivity index (χ4v) is 3.39. The van der Waals surface area contributed by atoms with Crippen LogP contribution in [0.5, 0.6) is 0 Å². The number of aromatic amines is 1. The van der Waals surface area contributed by atoms with Crippen LogP contribution in [0.1, 0.15) is 55.8 Å². The number of rotatable bonds is 5. The second-order valence-corrected chi connectivity index (χ2v) is 9.10. The Morgan fingerprint density at radius 1 is 1.09 bits per heavy atom. The highest BCUT2D eigenvalue weighted by Crippen LogP contribution is 2.24. The van der Waals surface area contributed by atoms with Crippen LogP contribution in [0.25, 0.3) is 33.9 Å². The van der Waals surface area contributed by atoms with Crippen LogP contribution in [0.15, 0.2) is 53.7 Å². The van der Waals surface area contributed by atoms with Crippen LogP contribution < -0.4 is 5.32 Å². The topological polar surface area (TPSA) is 148 Å². The minimum absolute atomic E-state index is 0.184. The van der Waals surface area contributed by atoms with Gasteiger partial charge in [-0.2, -0.15) is 0 Å². The van der Waals surface area contributed by atoms with E-state index in [1.165, 1.54) is 6.33 Å². The van der Waals surface area contributed by atoms with Crippen molar-refractivity contribution in [2.45, 2.75) is 39.2 Å². The Hall–Kier alpha value is -4.54. The molecule has 5 aromatic rings. The number of hydrogen-bond acceptors (Lipinski definition) is 9. The van der Waals surface area contributed by atoms with Gasteiger partial charge in [0.05, 0.1) is 17.9 Å². The number of H-pyrrole nitrogens is 1. The minimum atomic E-state index is -0.461. The molecule has 0 aliphatic heterocycles. The van der Waals surface area contributed by atoms with Crippen molar-refractivity contribution in [1.82, 2.24) is 45.4 Å². The molecule has 35 heavy (non-hydrogen) atoms. The zero-order valence-corrected chi connectivity index (χ0v) is 19.6. The van der Waals surface area contributed by atoms with E-state index >= 15 is 0 Å². The van der Waals surface area contributed by atoms with E-state index in [4.69, 9.17) is 4.52 Å². The predicted molar refractivity (Wildman–Crippen MR) is 127 cm³/mol. The molecule has 176 valence electrons. The largest absolute Gasteiger partial charge is 0.358 e. The molecule has 0 radical (unpaired) electrons. The first kappa shape index (κ1) is 22.3. The molecule has 0 aliphatic carbocycles. The maximum atomic E-state index is 12.8. The molecule has 0 bridgehead atoms. The number of carbonyl (C=O) groups is 1. The number of aromatic nitrogens is 8. The zero-order valence-electron chi connectivity index (χ0n) is 19.6. The Labute approximate surface area is 200 Å². The number of hydrogen-bond donors (Lipinski definition) is 2. The van der Waals surface area contributed by atoms with Crippen LogP contribution in [0, 0.1) is 0 Å². The molecule has 11 nitrogen and oxygen atoms in total. The SMILES string of the molecule is C[C@@H](NC(=O)c1cc(-c2cccnc2)ncn1)c1cc(-c2nc3cnc(C(C)(C)C)nc3[nH]2)no1. The number of imidazole rings is 1. The van der Waals surface area contributed by atoms with Gasteiger partial charge in [-0.3, -0.25) is 9.78 Å². The summed E-state index contributed by atoms with van der Waals surface area (Å²) in [6, 6.07) is 6.55. The van der Waals surface area contributed by atoms with Crippen molar-refractivity contribution in [1.29, 1.82) is 0 Å². The molecule has 0 fully saturated rings. The molecule has 5 aromatic heterocycles. The third-order valence-electron chi connectivity index (χ3n) is 5.31. The Bertz CT molecular complexity index is 1500. The van der Waals surface area contributed by atoms with E-state index in [1.807, 2.05) is 26.8 Å². The summed E-state index contributed by atoms with van der Waals surface area (Å²) in [5.41, 5.74) is 3.20. The molecule has 5 rings (SSSR count). The highest BCUT2D eigenvalue weighted by atomic mass is 16.5. The molecule has 0 aromatic carbocycles. The number of fused-ring (bicyclic) bond motifs is 1. The summed E-state index contributed by atoms with van der Waals surface area (Å²) < 4.78 is 5.48. The van der Waals surface area contributed by atoms with Gasteiger partial charge in [-0.05, 0) is 25.1 Å². The maximum absolute atomic E-state index is 12.8. The van der Waals surface area contributed by atoms with Gasteiger partial charge in [0.2, 0.25) is 0 Å². The van der Waals surface area contributed by atoms with Crippen molar-refractivity contribution in [2.24, 2.45) is 0 Å². The molecule has 11 heteroatoms. The van der Waals surface area contributed by atoms with Crippen molar-refractivity contribution in [3.8, 4) is 22.8 Å². The molecular weight excluding hydrogens is 446 g/mol. The third-order valence-corrected chi connectivity index (χ3v) is 5.31. The molecule has 1 amide bonds. The van der Waals surface area contributed by atoms with E-state index in [-0.39, 0.29) is 17.0 Å². The lowest BCUT2D eigenvalue weighted by atomic mass is 9.96. The van der Waals surface area contributed by atoms with Gasteiger partial charge in [-0.1, -0.05) is 25.9 Å². The Morgan fingerprint density at radius 3 is 2.71 bits per heavy atom. The molecule has 2 N–H and O–H groups in total. The summed E-state index contributed by atoms with van der Waals surface area (Å²) >= 11 is 0. The number of nitrogens with zero attached hydrogens (tertiary/aromatic N) is 7. The molecule has 0 saturated heterocycles. The molecule has 5 heterocycles. The Balaban J connectivity index is 1.32. The predicted octanol–water partition coefficient (Wildman–Crippen LogP) is 3.65. The monoisotopic (exact) mass is 469 g/mol. The normalized spacial score (nSPS) is 12.6. The van der Waals surface area contributed by atoms with Crippen LogP contribution in [-0.4, -0.2) is 46.0 Å². The zero-order chi connectivity index (χ0) is 24.6. The first-order chi connectivity index (χ1) is 16.8. The van der Waals surface area contributed by atoms with Crippen molar-refractivity contribution in [3.05, 3.63) is 66.5 Å². The van der Waals surface area contributed by atoms with Crippen LogP contribution in [0.3, 0.4) is 0 Å². The van der Waals surface area contributed by atoms with Crippen molar-refractivity contribution in [2.75, 3.05) is 0 Å². The molecule has 0 unspecified atom stereocenters. The molecule has 0 saturated carbocycles. The van der Waals surface area contributed by atoms with Gasteiger partial charge in [0.1, 0.15) is 29.1 Å². The van der Waals surface area contributed by atoms with Gasteiger partial charge in [0.25, 0.3) is 5.91 Å². The number of nitrogens with one attached hydrogen (secondary N) is 2. The van der Waals surface area contributed by atoms with Gasteiger partial charge in [0.15, 0.2) is 17.2 Å². The van der Waals surface area contributed by atoms with Gasteiger partial charge < -0.3 is 14.8 Å². The maximum Gasteiger partial charge on any atom is 0.270 e. The smallest absolute Gasteiger partial charge is 0.270 e. The van der Waals surface area contributed by atoms with E-state index in [9.17, 15) is 4.79 Å². The average molecular weight is 470 g/mol. The quantitative estimate of drug-likeness (QED) is 0.393. The molecular formula is C24H23N9O2. The van der Waals surface area contributed by atoms with E-state index in [1.54, 1.807) is 43.7 Å². The van der Waals surface area contributed by atoms with E-state index in [0.717, 1.165) is 5.56 Å². The lowest BCUT2D eigenvalue weighted by Crippen LogP contribution is -2.27. The van der Waals surface area contributed by atoms with Crippen LogP contribution in [0.2, 0.25) is 0 Å². The number of carbonyl (C=O) groups excluding carboxylic acids is 1. The van der Waals surface area contributed by atoms with Crippen LogP contribution >= 0.6 is 0 Å². The van der Waals surface area contributed by atoms with Crippen molar-refractivity contribution >= 4 is 17.1 Å². The average Bonchev–Trinajstić information content (AvgIpc) is 3.51. The fourth-order valence-electron chi connectivity index (χ4n) is 3.39. The van der Waals surface area contributed by atoms with E-state index in [2.05, 4.69) is 45.4 Å². The fraction of sp³-hybridized carbons (Fsp3) is 0.250. The highest BCUT2D eigenvalue weighted by molar-refractivity contribution is 5.93. The summed E-state index contributed by atoms with van der Waals surface area (Å²) in [6.07, 6.45) is 6.39. The van der Waals surface area contributed by atoms with Crippen LogP contribution in [-0.2, 0) is 5.41 Å². The molecule has 0 aliphatic rings. The summed E-state index contributed by atoms with van der Waals surface area (Å²) in [4.78, 5) is 41.9. The molecule has 1 atom stereocenters. The van der Waals surface area contributed by atoms with E-state index in [0.29, 0.717) is 40.0 Å². The van der Waals surface area contributed by atoms with Crippen molar-refractivity contribution in [3.63, 3.8) is 0 Å². The minimum Gasteiger partial charge on any atom is -0.358 e. The summed E-state index contributed by atoms with van der Waals surface area (Å²) in [6.45, 7) is 7.94. The molecule has 0 spiro atoms. The van der Waals surface area contributed by atoms with Gasteiger partial charge in [-0.25, -0.2) is 24.9 Å². The van der Waals surface area contributed by atoms with Crippen LogP contribution in [0.4, 0.5) is 0 Å². The van der Waals surface area contributed by atoms with Gasteiger partial charge in [0, 0.05) is 29.4 Å². The Kier molecular flexibility index (Phi) is 5.51. The Morgan fingerprint density at radius 2 is 1.94 bits per heavy atom. The van der Waals surface area contributed by atoms with Gasteiger partial charge >= 0.3 is 0 Å². The first-order valence-corrected chi connectivity index (χ1v) is 11.0. The summed E-state index contributed by atoms with van der Waals surface area (Å²) in [7, 11) is 0. The lowest BCUT2D eigenvalue weighted by Gasteiger charge is -2.15. The second kappa shape index (κ2) is 8.67. The summed E-state index contributed by atoms with van der Waals surface area (Å²) in [5, 5.41) is 6.98.